The fraction of sp³-hybridized carbons (Fsp3) is 0. The summed E-state index contributed by atoms with van der Waals surface area (Å²) in [7, 11) is 0. The Balaban J connectivity index is 0.970. The standard InChI is InChI=1S/C64H40N2S/c1-2-15-43(16-3-1)66-60-27-12-10-23-55(60)59-39-42(31-37-62(59)66)46-36-38-61(54-22-9-8-17-48(46)54)65(45-34-35-53-51-20-5-4-18-49(51)50-19-6-7-21-52(50)58(53)40-45)44-32-29-41(30-33-44)47-25-14-26-57-56-24-11-13-28-63(56)67-64(47)57/h1-40H. The first-order valence-electron chi connectivity index (χ1n) is 23.0. The molecule has 0 aliphatic rings. The fourth-order valence-electron chi connectivity index (χ4n) is 11.0. The zero-order chi connectivity index (χ0) is 44.0. The van der Waals surface area contributed by atoms with Crippen LogP contribution < -0.4 is 4.90 Å². The summed E-state index contributed by atoms with van der Waals surface area (Å²) in [6.07, 6.45) is 0. The number of hydrogen-bond acceptors (Lipinski definition) is 2. The van der Waals surface area contributed by atoms with Gasteiger partial charge in [-0.2, -0.15) is 0 Å². The number of fused-ring (bicyclic) bond motifs is 13. The van der Waals surface area contributed by atoms with Crippen molar-refractivity contribution in [2.24, 2.45) is 0 Å². The van der Waals surface area contributed by atoms with E-state index >= 15 is 0 Å². The van der Waals surface area contributed by atoms with E-state index in [1.807, 2.05) is 11.3 Å². The third-order valence-electron chi connectivity index (χ3n) is 14.0. The Kier molecular flexibility index (Phi) is 8.49. The van der Waals surface area contributed by atoms with E-state index in [2.05, 4.69) is 252 Å². The molecule has 0 radical (unpaired) electrons. The van der Waals surface area contributed by atoms with Crippen molar-refractivity contribution in [3.05, 3.63) is 243 Å². The Labute approximate surface area is 391 Å². The van der Waals surface area contributed by atoms with Crippen LogP contribution >= 0.6 is 11.3 Å². The molecular weight excluding hydrogens is 829 g/mol. The lowest BCUT2D eigenvalue weighted by Crippen LogP contribution is -2.10. The monoisotopic (exact) mass is 868 g/mol. The molecule has 14 rings (SSSR count). The van der Waals surface area contributed by atoms with Crippen LogP contribution in [-0.2, 0) is 0 Å². The van der Waals surface area contributed by atoms with E-state index in [1.54, 1.807) is 0 Å². The normalized spacial score (nSPS) is 11.9. The summed E-state index contributed by atoms with van der Waals surface area (Å²) in [5.74, 6) is 0. The largest absolute Gasteiger partial charge is 0.310 e. The minimum Gasteiger partial charge on any atom is -0.310 e. The second kappa shape index (κ2) is 15.0. The van der Waals surface area contributed by atoms with Gasteiger partial charge in [0.1, 0.15) is 0 Å². The molecule has 0 saturated heterocycles. The van der Waals surface area contributed by atoms with Crippen molar-refractivity contribution in [2.45, 2.75) is 0 Å². The molecule has 67 heavy (non-hydrogen) atoms. The Bertz CT molecular complexity index is 4240. The molecule has 0 aliphatic heterocycles. The molecule has 312 valence electrons. The van der Waals surface area contributed by atoms with Crippen LogP contribution in [0.1, 0.15) is 0 Å². The minimum absolute atomic E-state index is 1.10. The van der Waals surface area contributed by atoms with E-state index < -0.39 is 0 Å². The number of hydrogen-bond donors (Lipinski definition) is 0. The number of nitrogens with zero attached hydrogens (tertiary/aromatic N) is 2. The molecule has 0 spiro atoms. The van der Waals surface area contributed by atoms with E-state index in [0.717, 1.165) is 22.7 Å². The Morgan fingerprint density at radius 3 is 1.63 bits per heavy atom. The average Bonchev–Trinajstić information content (AvgIpc) is 3.95. The van der Waals surface area contributed by atoms with Crippen molar-refractivity contribution in [1.29, 1.82) is 0 Å². The van der Waals surface area contributed by atoms with Gasteiger partial charge in [-0.3, -0.25) is 0 Å². The number of rotatable bonds is 6. The Morgan fingerprint density at radius 1 is 0.299 bits per heavy atom. The maximum absolute atomic E-state index is 2.47. The molecule has 2 heterocycles. The molecule has 0 aliphatic carbocycles. The lowest BCUT2D eigenvalue weighted by molar-refractivity contribution is 1.18. The maximum Gasteiger partial charge on any atom is 0.0541 e. The molecule has 2 aromatic heterocycles. The minimum atomic E-state index is 1.10. The van der Waals surface area contributed by atoms with Crippen molar-refractivity contribution in [3.8, 4) is 27.9 Å². The molecule has 0 saturated carbocycles. The highest BCUT2D eigenvalue weighted by Gasteiger charge is 2.21. The van der Waals surface area contributed by atoms with Gasteiger partial charge < -0.3 is 9.47 Å². The van der Waals surface area contributed by atoms with Gasteiger partial charge in [-0.25, -0.2) is 0 Å². The average molecular weight is 869 g/mol. The van der Waals surface area contributed by atoms with E-state index in [9.17, 15) is 0 Å². The van der Waals surface area contributed by atoms with Crippen molar-refractivity contribution in [2.75, 3.05) is 4.90 Å². The third-order valence-corrected chi connectivity index (χ3v) is 15.2. The predicted molar refractivity (Wildman–Crippen MR) is 289 cm³/mol. The van der Waals surface area contributed by atoms with Crippen LogP contribution in [0.5, 0.6) is 0 Å². The van der Waals surface area contributed by atoms with Gasteiger partial charge in [0.25, 0.3) is 0 Å². The fourth-order valence-corrected chi connectivity index (χ4v) is 12.2. The first-order chi connectivity index (χ1) is 33.2. The summed E-state index contributed by atoms with van der Waals surface area (Å²) in [5, 5.41) is 15.1. The van der Waals surface area contributed by atoms with Crippen LogP contribution in [0, 0.1) is 0 Å². The quantitative estimate of drug-likeness (QED) is 0.151. The third kappa shape index (κ3) is 5.88. The molecule has 0 fully saturated rings. The molecule has 3 heteroatoms. The molecule has 14 aromatic rings. The van der Waals surface area contributed by atoms with E-state index in [-0.39, 0.29) is 0 Å². The zero-order valence-corrected chi connectivity index (χ0v) is 37.2. The number of para-hydroxylation sites is 2. The van der Waals surface area contributed by atoms with Crippen molar-refractivity contribution in [3.63, 3.8) is 0 Å². The Morgan fingerprint density at radius 2 is 0.866 bits per heavy atom. The van der Waals surface area contributed by atoms with Crippen LogP contribution in [0.3, 0.4) is 0 Å². The van der Waals surface area contributed by atoms with Crippen LogP contribution in [0.2, 0.25) is 0 Å². The molecule has 2 nitrogen and oxygen atoms in total. The summed E-state index contributed by atoms with van der Waals surface area (Å²) >= 11 is 1.88. The summed E-state index contributed by atoms with van der Waals surface area (Å²) in [5.41, 5.74) is 11.8. The van der Waals surface area contributed by atoms with Gasteiger partial charge in [0.05, 0.1) is 16.7 Å². The summed E-state index contributed by atoms with van der Waals surface area (Å²) < 4.78 is 5.03. The second-order valence-corrected chi connectivity index (χ2v) is 18.6. The van der Waals surface area contributed by atoms with Gasteiger partial charge >= 0.3 is 0 Å². The lowest BCUT2D eigenvalue weighted by Gasteiger charge is -2.28. The molecule has 0 N–H and O–H groups in total. The van der Waals surface area contributed by atoms with Crippen molar-refractivity contribution in [1.82, 2.24) is 4.57 Å². The Hall–Kier alpha value is -8.50. The summed E-state index contributed by atoms with van der Waals surface area (Å²) in [6, 6.07) is 89.6. The number of benzene rings is 12. The van der Waals surface area contributed by atoms with Gasteiger partial charge in [-0.1, -0.05) is 176 Å². The van der Waals surface area contributed by atoms with Crippen molar-refractivity contribution >= 4 is 113 Å². The highest BCUT2D eigenvalue weighted by molar-refractivity contribution is 7.26. The van der Waals surface area contributed by atoms with Crippen LogP contribution in [0.4, 0.5) is 17.1 Å². The number of aromatic nitrogens is 1. The van der Waals surface area contributed by atoms with Gasteiger partial charge in [-0.05, 0) is 127 Å². The zero-order valence-electron chi connectivity index (χ0n) is 36.4. The van der Waals surface area contributed by atoms with Crippen molar-refractivity contribution < 1.29 is 0 Å². The van der Waals surface area contributed by atoms with Gasteiger partial charge in [0, 0.05) is 53.4 Å². The lowest BCUT2D eigenvalue weighted by atomic mass is 9.93. The van der Waals surface area contributed by atoms with Crippen LogP contribution in [0.25, 0.3) is 113 Å². The molecule has 0 atom stereocenters. The van der Waals surface area contributed by atoms with Gasteiger partial charge in [0.15, 0.2) is 0 Å². The molecular formula is C64H40N2S. The second-order valence-electron chi connectivity index (χ2n) is 17.6. The summed E-state index contributed by atoms with van der Waals surface area (Å²) in [4.78, 5) is 2.47. The van der Waals surface area contributed by atoms with Gasteiger partial charge in [-0.15, -0.1) is 11.3 Å². The molecule has 0 unspecified atom stereocenters. The first kappa shape index (κ1) is 37.8. The van der Waals surface area contributed by atoms with E-state index in [1.165, 1.54) is 107 Å². The highest BCUT2D eigenvalue weighted by Crippen LogP contribution is 2.47. The number of thiophene rings is 1. The van der Waals surface area contributed by atoms with Crippen LogP contribution in [0.15, 0.2) is 243 Å². The van der Waals surface area contributed by atoms with Gasteiger partial charge in [0.2, 0.25) is 0 Å². The molecule has 0 amide bonds. The summed E-state index contributed by atoms with van der Waals surface area (Å²) in [6.45, 7) is 0. The smallest absolute Gasteiger partial charge is 0.0541 e. The first-order valence-corrected chi connectivity index (χ1v) is 23.8. The molecule has 0 bridgehead atoms. The maximum atomic E-state index is 2.47. The van der Waals surface area contributed by atoms with E-state index in [4.69, 9.17) is 0 Å². The van der Waals surface area contributed by atoms with Crippen LogP contribution in [-0.4, -0.2) is 4.57 Å². The number of anilines is 3. The molecule has 12 aromatic carbocycles. The highest BCUT2D eigenvalue weighted by atomic mass is 32.1. The topological polar surface area (TPSA) is 8.17 Å². The van der Waals surface area contributed by atoms with E-state index in [0.29, 0.717) is 0 Å². The SMILES string of the molecule is c1ccc(-n2c3ccccc3c3cc(-c4ccc(N(c5ccc(-c6cccc7c6sc6ccccc67)cc5)c5ccc6c7ccccc7c7ccccc7c6c5)c5ccccc45)ccc32)cc1. The predicted octanol–water partition coefficient (Wildman–Crippen LogP) is 18.6.